The second kappa shape index (κ2) is 6.17. The normalized spacial score (nSPS) is 15.4. The zero-order chi connectivity index (χ0) is 18.4. The van der Waals surface area contributed by atoms with Crippen LogP contribution in [0.4, 0.5) is 0 Å². The Balaban J connectivity index is 1.84. The number of rotatable bonds is 4. The van der Waals surface area contributed by atoms with Crippen molar-refractivity contribution in [2.45, 2.75) is 44.1 Å². The van der Waals surface area contributed by atoms with E-state index in [4.69, 9.17) is 25.6 Å². The summed E-state index contributed by atoms with van der Waals surface area (Å²) in [7, 11) is -3.58. The fourth-order valence-electron chi connectivity index (χ4n) is 2.32. The first-order chi connectivity index (χ1) is 11.6. The number of nitrogens with zero attached hydrogens (tertiary/aromatic N) is 2. The molecule has 0 fully saturated rings. The molecule has 0 radical (unpaired) electrons. The van der Waals surface area contributed by atoms with Crippen molar-refractivity contribution in [3.05, 3.63) is 34.4 Å². The molecule has 1 aromatic heterocycles. The van der Waals surface area contributed by atoms with Gasteiger partial charge in [0, 0.05) is 5.41 Å². The molecule has 0 bridgehead atoms. The number of hydrogen-bond acceptors (Lipinski definition) is 7. The lowest BCUT2D eigenvalue weighted by Crippen LogP contribution is -2.15. The van der Waals surface area contributed by atoms with Crippen LogP contribution in [-0.4, -0.2) is 25.4 Å². The lowest BCUT2D eigenvalue weighted by atomic mass is 9.96. The SMILES string of the molecule is C[C@@H](c1nc(C(C)(C)C)no1)S(=O)(=O)Cc1cc(Cl)c2c(c1)OCO2. The van der Waals surface area contributed by atoms with E-state index in [1.54, 1.807) is 12.1 Å². The number of halogens is 1. The number of sulfone groups is 1. The van der Waals surface area contributed by atoms with Crippen molar-refractivity contribution in [3.8, 4) is 11.5 Å². The van der Waals surface area contributed by atoms with Crippen LogP contribution in [0.15, 0.2) is 16.7 Å². The average Bonchev–Trinajstić information content (AvgIpc) is 3.14. The van der Waals surface area contributed by atoms with E-state index in [0.717, 1.165) is 0 Å². The average molecular weight is 387 g/mol. The Hall–Kier alpha value is -1.80. The number of benzene rings is 1. The second-order valence-corrected chi connectivity index (χ2v) is 9.70. The Labute approximate surface area is 151 Å². The van der Waals surface area contributed by atoms with Crippen molar-refractivity contribution >= 4 is 21.4 Å². The van der Waals surface area contributed by atoms with E-state index in [1.807, 2.05) is 20.8 Å². The van der Waals surface area contributed by atoms with Gasteiger partial charge in [-0.15, -0.1) is 0 Å². The Morgan fingerprint density at radius 2 is 2.00 bits per heavy atom. The third kappa shape index (κ3) is 3.59. The first-order valence-electron chi connectivity index (χ1n) is 7.71. The maximum Gasteiger partial charge on any atom is 0.244 e. The summed E-state index contributed by atoms with van der Waals surface area (Å²) in [6.07, 6.45) is 0. The molecule has 7 nitrogen and oxygen atoms in total. The molecular weight excluding hydrogens is 368 g/mol. The van der Waals surface area contributed by atoms with Gasteiger partial charge in [0.1, 0.15) is 5.25 Å². The largest absolute Gasteiger partial charge is 0.454 e. The predicted molar refractivity (Wildman–Crippen MR) is 91.6 cm³/mol. The Kier molecular flexibility index (Phi) is 4.45. The number of hydrogen-bond donors (Lipinski definition) is 0. The summed E-state index contributed by atoms with van der Waals surface area (Å²) in [5.41, 5.74) is 0.187. The lowest BCUT2D eigenvalue weighted by molar-refractivity contribution is 0.174. The molecule has 0 unspecified atom stereocenters. The summed E-state index contributed by atoms with van der Waals surface area (Å²) in [5.74, 6) is 1.20. The highest BCUT2D eigenvalue weighted by molar-refractivity contribution is 7.90. The molecule has 1 aliphatic heterocycles. The van der Waals surface area contributed by atoms with E-state index >= 15 is 0 Å². The molecule has 0 saturated carbocycles. The molecule has 25 heavy (non-hydrogen) atoms. The van der Waals surface area contributed by atoms with Crippen LogP contribution in [0.5, 0.6) is 11.5 Å². The molecule has 2 heterocycles. The molecule has 0 aliphatic carbocycles. The maximum atomic E-state index is 12.7. The van der Waals surface area contributed by atoms with Crippen LogP contribution in [0.3, 0.4) is 0 Å². The van der Waals surface area contributed by atoms with Crippen LogP contribution < -0.4 is 9.47 Å². The van der Waals surface area contributed by atoms with Gasteiger partial charge >= 0.3 is 0 Å². The van der Waals surface area contributed by atoms with Crippen LogP contribution in [0.2, 0.25) is 5.02 Å². The summed E-state index contributed by atoms with van der Waals surface area (Å²) in [6.45, 7) is 7.38. The van der Waals surface area contributed by atoms with Gasteiger partial charge in [-0.3, -0.25) is 0 Å². The van der Waals surface area contributed by atoms with Crippen LogP contribution in [-0.2, 0) is 21.0 Å². The first kappa shape index (κ1) is 18.0. The summed E-state index contributed by atoms with van der Waals surface area (Å²) < 4.78 is 41.1. The van der Waals surface area contributed by atoms with Gasteiger partial charge in [-0.1, -0.05) is 37.5 Å². The van der Waals surface area contributed by atoms with Crippen LogP contribution in [0.25, 0.3) is 0 Å². The van der Waals surface area contributed by atoms with E-state index in [-0.39, 0.29) is 23.9 Å². The van der Waals surface area contributed by atoms with Gasteiger partial charge in [0.25, 0.3) is 0 Å². The molecule has 3 rings (SSSR count). The van der Waals surface area contributed by atoms with Crippen molar-refractivity contribution in [2.75, 3.05) is 6.79 Å². The summed E-state index contributed by atoms with van der Waals surface area (Å²) >= 11 is 6.11. The zero-order valence-corrected chi connectivity index (χ0v) is 15.9. The Morgan fingerprint density at radius 1 is 1.28 bits per heavy atom. The summed E-state index contributed by atoms with van der Waals surface area (Å²) in [4.78, 5) is 4.24. The molecule has 1 aliphatic rings. The molecule has 0 amide bonds. The van der Waals surface area contributed by atoms with Gasteiger partial charge in [-0.2, -0.15) is 4.98 Å². The molecule has 2 aromatic rings. The van der Waals surface area contributed by atoms with E-state index in [0.29, 0.717) is 27.9 Å². The highest BCUT2D eigenvalue weighted by atomic mass is 35.5. The van der Waals surface area contributed by atoms with Crippen molar-refractivity contribution in [3.63, 3.8) is 0 Å². The quantitative estimate of drug-likeness (QED) is 0.794. The number of aromatic nitrogens is 2. The van der Waals surface area contributed by atoms with E-state index in [1.165, 1.54) is 6.92 Å². The number of ether oxygens (including phenoxy) is 2. The maximum absolute atomic E-state index is 12.7. The molecule has 0 saturated heterocycles. The van der Waals surface area contributed by atoms with Gasteiger partial charge in [0.05, 0.1) is 10.8 Å². The summed E-state index contributed by atoms with van der Waals surface area (Å²) in [5, 5.41) is 3.27. The Bertz CT molecular complexity index is 902. The highest BCUT2D eigenvalue weighted by Crippen LogP contribution is 2.40. The molecular formula is C16H19ClN2O5S. The standard InChI is InChI=1S/C16H19ClN2O5S/c1-9(14-18-15(19-24-14)16(2,3)4)25(20,21)7-10-5-11(17)13-12(6-10)22-8-23-13/h5-6,9H,7-8H2,1-4H3/t9-/m0/s1. The smallest absolute Gasteiger partial charge is 0.244 e. The minimum atomic E-state index is -3.58. The fraction of sp³-hybridized carbons (Fsp3) is 0.500. The molecule has 9 heteroatoms. The van der Waals surface area contributed by atoms with E-state index in [2.05, 4.69) is 10.1 Å². The van der Waals surface area contributed by atoms with Gasteiger partial charge in [0.15, 0.2) is 27.2 Å². The van der Waals surface area contributed by atoms with Crippen molar-refractivity contribution in [1.29, 1.82) is 0 Å². The van der Waals surface area contributed by atoms with Crippen molar-refractivity contribution in [2.24, 2.45) is 0 Å². The molecule has 0 N–H and O–H groups in total. The van der Waals surface area contributed by atoms with Gasteiger partial charge in [-0.25, -0.2) is 8.42 Å². The van der Waals surface area contributed by atoms with Gasteiger partial charge in [0.2, 0.25) is 12.7 Å². The van der Waals surface area contributed by atoms with Crippen molar-refractivity contribution < 1.29 is 22.4 Å². The van der Waals surface area contributed by atoms with E-state index in [9.17, 15) is 8.42 Å². The van der Waals surface area contributed by atoms with Gasteiger partial charge in [-0.05, 0) is 24.6 Å². The minimum absolute atomic E-state index is 0.0687. The first-order valence-corrected chi connectivity index (χ1v) is 9.81. The zero-order valence-electron chi connectivity index (χ0n) is 14.4. The predicted octanol–water partition coefficient (Wildman–Crippen LogP) is 3.43. The lowest BCUT2D eigenvalue weighted by Gasteiger charge is -2.12. The van der Waals surface area contributed by atoms with Crippen LogP contribution in [0, 0.1) is 0 Å². The topological polar surface area (TPSA) is 91.5 Å². The summed E-state index contributed by atoms with van der Waals surface area (Å²) in [6, 6.07) is 3.18. The van der Waals surface area contributed by atoms with Gasteiger partial charge < -0.3 is 14.0 Å². The fourth-order valence-corrected chi connectivity index (χ4v) is 3.89. The van der Waals surface area contributed by atoms with Crippen LogP contribution in [0.1, 0.15) is 50.2 Å². The third-order valence-electron chi connectivity index (χ3n) is 3.85. The second-order valence-electron chi connectivity index (χ2n) is 6.97. The minimum Gasteiger partial charge on any atom is -0.454 e. The highest BCUT2D eigenvalue weighted by Gasteiger charge is 2.31. The molecule has 0 spiro atoms. The van der Waals surface area contributed by atoms with E-state index < -0.39 is 15.1 Å². The third-order valence-corrected chi connectivity index (χ3v) is 6.15. The molecule has 1 aromatic carbocycles. The van der Waals surface area contributed by atoms with Crippen LogP contribution >= 0.6 is 11.6 Å². The monoisotopic (exact) mass is 386 g/mol. The van der Waals surface area contributed by atoms with Crippen molar-refractivity contribution in [1.82, 2.24) is 10.1 Å². The Morgan fingerprint density at radius 3 is 2.64 bits per heavy atom. The number of fused-ring (bicyclic) bond motifs is 1. The molecule has 136 valence electrons. The molecule has 1 atom stereocenters.